The summed E-state index contributed by atoms with van der Waals surface area (Å²) in [6, 6.07) is 9.86. The average Bonchev–Trinajstić information content (AvgIpc) is 2.68. The Balaban J connectivity index is 2.05. The summed E-state index contributed by atoms with van der Waals surface area (Å²) in [4.78, 5) is 8.98. The number of benzene rings is 1. The van der Waals surface area contributed by atoms with E-state index in [1.54, 1.807) is 6.20 Å². The number of nitrogens with two attached hydrogens (primary N) is 1. The van der Waals surface area contributed by atoms with Crippen LogP contribution in [0.3, 0.4) is 0 Å². The third kappa shape index (κ3) is 2.33. The summed E-state index contributed by atoms with van der Waals surface area (Å²) < 4.78 is 3.05. The fraction of sp³-hybridized carbons (Fsp3) is 0.143. The maximum atomic E-state index is 5.70. The van der Waals surface area contributed by atoms with Crippen LogP contribution in [0.2, 0.25) is 0 Å². The van der Waals surface area contributed by atoms with Gasteiger partial charge in [-0.25, -0.2) is 9.97 Å². The van der Waals surface area contributed by atoms with Gasteiger partial charge in [0, 0.05) is 16.4 Å². The Morgan fingerprint density at radius 1 is 1.26 bits per heavy atom. The van der Waals surface area contributed by atoms with Gasteiger partial charge in [0.1, 0.15) is 11.3 Å². The first-order valence-electron chi connectivity index (χ1n) is 5.96. The molecule has 3 rings (SSSR count). The molecule has 2 aromatic heterocycles. The lowest BCUT2D eigenvalue weighted by molar-refractivity contribution is 0.777. The van der Waals surface area contributed by atoms with E-state index < -0.39 is 0 Å². The van der Waals surface area contributed by atoms with Crippen molar-refractivity contribution in [3.63, 3.8) is 0 Å². The number of anilines is 1. The molecule has 2 N–H and O–H groups in total. The molecule has 4 nitrogen and oxygen atoms in total. The lowest BCUT2D eigenvalue weighted by Crippen LogP contribution is -2.03. The highest BCUT2D eigenvalue weighted by atomic mass is 79.9. The van der Waals surface area contributed by atoms with E-state index in [4.69, 9.17) is 5.73 Å². The summed E-state index contributed by atoms with van der Waals surface area (Å²) in [5.41, 5.74) is 9.46. The molecule has 2 heterocycles. The number of aryl methyl sites for hydroxylation is 1. The van der Waals surface area contributed by atoms with Gasteiger partial charge in [0.25, 0.3) is 0 Å². The van der Waals surface area contributed by atoms with E-state index in [0.29, 0.717) is 0 Å². The first-order valence-corrected chi connectivity index (χ1v) is 6.75. The summed E-state index contributed by atoms with van der Waals surface area (Å²) in [7, 11) is 0. The third-order valence-corrected chi connectivity index (χ3v) is 3.50. The number of hydrogen-bond donors (Lipinski definition) is 1. The van der Waals surface area contributed by atoms with Crippen LogP contribution >= 0.6 is 15.9 Å². The summed E-state index contributed by atoms with van der Waals surface area (Å²) in [6.45, 7) is 2.74. The molecule has 96 valence electrons. The number of nitrogens with zero attached hydrogens (tertiary/aromatic N) is 3. The van der Waals surface area contributed by atoms with Crippen molar-refractivity contribution in [1.29, 1.82) is 0 Å². The SMILES string of the molecule is Cc1nc2cc(Br)cnc2n1Cc1ccc(N)cc1. The van der Waals surface area contributed by atoms with Crippen molar-refractivity contribution in [1.82, 2.24) is 14.5 Å². The molecule has 0 aliphatic rings. The van der Waals surface area contributed by atoms with E-state index >= 15 is 0 Å². The second-order valence-electron chi connectivity index (χ2n) is 4.48. The molecule has 0 saturated heterocycles. The fourth-order valence-corrected chi connectivity index (χ4v) is 2.41. The largest absolute Gasteiger partial charge is 0.399 e. The van der Waals surface area contributed by atoms with E-state index in [0.717, 1.165) is 33.7 Å². The number of pyridine rings is 1. The zero-order valence-electron chi connectivity index (χ0n) is 10.5. The summed E-state index contributed by atoms with van der Waals surface area (Å²) in [5, 5.41) is 0. The predicted molar refractivity (Wildman–Crippen MR) is 79.9 cm³/mol. The highest BCUT2D eigenvalue weighted by Gasteiger charge is 2.09. The van der Waals surface area contributed by atoms with Gasteiger partial charge in [-0.05, 0) is 46.6 Å². The third-order valence-electron chi connectivity index (χ3n) is 3.06. The number of aromatic nitrogens is 3. The Hall–Kier alpha value is -1.88. The van der Waals surface area contributed by atoms with Crippen LogP contribution in [0.5, 0.6) is 0 Å². The van der Waals surface area contributed by atoms with Crippen LogP contribution in [-0.2, 0) is 6.54 Å². The molecule has 0 fully saturated rings. The molecule has 0 aliphatic carbocycles. The quantitative estimate of drug-likeness (QED) is 0.739. The Morgan fingerprint density at radius 3 is 2.74 bits per heavy atom. The minimum absolute atomic E-state index is 0.747. The molecule has 0 atom stereocenters. The first-order chi connectivity index (χ1) is 9.13. The molecule has 0 unspecified atom stereocenters. The molecular weight excluding hydrogens is 304 g/mol. The number of halogens is 1. The van der Waals surface area contributed by atoms with Gasteiger partial charge in [-0.2, -0.15) is 0 Å². The second kappa shape index (κ2) is 4.66. The zero-order chi connectivity index (χ0) is 13.4. The maximum Gasteiger partial charge on any atom is 0.160 e. The molecule has 0 aliphatic heterocycles. The van der Waals surface area contributed by atoms with Crippen molar-refractivity contribution in [2.75, 3.05) is 5.73 Å². The topological polar surface area (TPSA) is 56.7 Å². The number of imidazole rings is 1. The molecule has 3 aromatic rings. The van der Waals surface area contributed by atoms with E-state index in [2.05, 4.69) is 30.5 Å². The first kappa shape index (κ1) is 12.2. The van der Waals surface area contributed by atoms with Crippen molar-refractivity contribution in [3.05, 3.63) is 52.4 Å². The number of fused-ring (bicyclic) bond motifs is 1. The smallest absolute Gasteiger partial charge is 0.160 e. The zero-order valence-corrected chi connectivity index (χ0v) is 12.1. The number of nitrogen functional groups attached to an aromatic ring is 1. The number of rotatable bonds is 2. The number of hydrogen-bond acceptors (Lipinski definition) is 3. The van der Waals surface area contributed by atoms with Gasteiger partial charge in [0.15, 0.2) is 5.65 Å². The lowest BCUT2D eigenvalue weighted by Gasteiger charge is -2.06. The van der Waals surface area contributed by atoms with Gasteiger partial charge in [0.05, 0.1) is 6.54 Å². The summed E-state index contributed by atoms with van der Waals surface area (Å²) in [5.74, 6) is 0.956. The van der Waals surface area contributed by atoms with Crippen LogP contribution in [0.15, 0.2) is 41.0 Å². The minimum atomic E-state index is 0.747. The van der Waals surface area contributed by atoms with Crippen molar-refractivity contribution in [2.24, 2.45) is 0 Å². The highest BCUT2D eigenvalue weighted by molar-refractivity contribution is 9.10. The molecule has 0 radical (unpaired) electrons. The van der Waals surface area contributed by atoms with E-state index in [-0.39, 0.29) is 0 Å². The molecular formula is C14H13BrN4. The normalized spacial score (nSPS) is 11.1. The van der Waals surface area contributed by atoms with E-state index in [1.165, 1.54) is 5.56 Å². The monoisotopic (exact) mass is 316 g/mol. The van der Waals surface area contributed by atoms with Crippen LogP contribution in [0.1, 0.15) is 11.4 Å². The fourth-order valence-electron chi connectivity index (χ4n) is 2.09. The Morgan fingerprint density at radius 2 is 2.00 bits per heavy atom. The predicted octanol–water partition coefficient (Wildman–Crippen LogP) is 3.13. The van der Waals surface area contributed by atoms with Crippen LogP contribution in [0.25, 0.3) is 11.2 Å². The van der Waals surface area contributed by atoms with Crippen molar-refractivity contribution >= 4 is 32.8 Å². The minimum Gasteiger partial charge on any atom is -0.399 e. The summed E-state index contributed by atoms with van der Waals surface area (Å²) in [6.07, 6.45) is 1.79. The highest BCUT2D eigenvalue weighted by Crippen LogP contribution is 2.19. The molecule has 19 heavy (non-hydrogen) atoms. The summed E-state index contributed by atoms with van der Waals surface area (Å²) >= 11 is 3.42. The average molecular weight is 317 g/mol. The van der Waals surface area contributed by atoms with Crippen LogP contribution in [0, 0.1) is 6.92 Å². The van der Waals surface area contributed by atoms with Crippen molar-refractivity contribution in [2.45, 2.75) is 13.5 Å². The Bertz CT molecular complexity index is 731. The van der Waals surface area contributed by atoms with E-state index in [1.807, 2.05) is 37.3 Å². The second-order valence-corrected chi connectivity index (χ2v) is 5.40. The van der Waals surface area contributed by atoms with Crippen molar-refractivity contribution < 1.29 is 0 Å². The van der Waals surface area contributed by atoms with E-state index in [9.17, 15) is 0 Å². The van der Waals surface area contributed by atoms with Gasteiger partial charge < -0.3 is 10.3 Å². The Labute approximate surface area is 119 Å². The van der Waals surface area contributed by atoms with Crippen molar-refractivity contribution in [3.8, 4) is 0 Å². The van der Waals surface area contributed by atoms with Gasteiger partial charge in [0.2, 0.25) is 0 Å². The standard InChI is InChI=1S/C14H13BrN4/c1-9-18-13-6-11(15)7-17-14(13)19(9)8-10-2-4-12(16)5-3-10/h2-7H,8,16H2,1H3. The molecule has 0 spiro atoms. The molecule has 5 heteroatoms. The molecule has 1 aromatic carbocycles. The van der Waals surface area contributed by atoms with Crippen LogP contribution < -0.4 is 5.73 Å². The lowest BCUT2D eigenvalue weighted by atomic mass is 10.2. The molecule has 0 amide bonds. The van der Waals surface area contributed by atoms with Gasteiger partial charge in [-0.15, -0.1) is 0 Å². The molecule has 0 bridgehead atoms. The van der Waals surface area contributed by atoms with Crippen LogP contribution in [-0.4, -0.2) is 14.5 Å². The maximum absolute atomic E-state index is 5.70. The van der Waals surface area contributed by atoms with Gasteiger partial charge in [-0.3, -0.25) is 0 Å². The van der Waals surface area contributed by atoms with Gasteiger partial charge in [-0.1, -0.05) is 12.1 Å². The Kier molecular flexibility index (Phi) is 2.98. The van der Waals surface area contributed by atoms with Gasteiger partial charge >= 0.3 is 0 Å². The molecule has 0 saturated carbocycles. The van der Waals surface area contributed by atoms with Crippen LogP contribution in [0.4, 0.5) is 5.69 Å².